The Bertz CT molecular complexity index is 1430. The van der Waals surface area contributed by atoms with Crippen LogP contribution in [0.2, 0.25) is 0 Å². The molecule has 2 fully saturated rings. The molecular formula is C30H31F2N5O4. The number of hydrogen-bond acceptors (Lipinski definition) is 5. The van der Waals surface area contributed by atoms with Gasteiger partial charge in [-0.1, -0.05) is 18.2 Å². The zero-order chi connectivity index (χ0) is 28.8. The summed E-state index contributed by atoms with van der Waals surface area (Å²) < 4.78 is 33.1. The van der Waals surface area contributed by atoms with Crippen molar-refractivity contribution < 1.29 is 27.9 Å². The molecule has 0 aliphatic carbocycles. The fourth-order valence-electron chi connectivity index (χ4n) is 4.95. The summed E-state index contributed by atoms with van der Waals surface area (Å²) in [5.74, 6) is -1.71. The van der Waals surface area contributed by atoms with Crippen LogP contribution in [0, 0.1) is 11.6 Å². The molecular weight excluding hydrogens is 532 g/mol. The van der Waals surface area contributed by atoms with E-state index in [-0.39, 0.29) is 17.2 Å². The Balaban J connectivity index is 1.35. The third-order valence-electron chi connectivity index (χ3n) is 7.11. The summed E-state index contributed by atoms with van der Waals surface area (Å²) in [5.41, 5.74) is 1.78. The largest absolute Gasteiger partial charge is 0.378 e. The van der Waals surface area contributed by atoms with Gasteiger partial charge in [0.2, 0.25) is 0 Å². The van der Waals surface area contributed by atoms with Crippen molar-refractivity contribution in [3.63, 3.8) is 0 Å². The summed E-state index contributed by atoms with van der Waals surface area (Å²) in [7, 11) is 0. The standard InChI is InChI=1S/C30H31F2N5O4/c31-22-6-3-5-21(19-22)28(38)33-23-9-10-27(24(20-23)29(39)36-15-17-41-18-16-36)35-11-4-12-37(14-13-35)30(40)34-26-8-2-1-7-25(26)32/h1-3,5-10,19-20H,4,11-18H2,(H,33,38)(H,34,40). The molecule has 2 aliphatic rings. The van der Waals surface area contributed by atoms with E-state index < -0.39 is 23.6 Å². The monoisotopic (exact) mass is 563 g/mol. The Morgan fingerprint density at radius 2 is 1.56 bits per heavy atom. The number of ether oxygens (including phenoxy) is 1. The Kier molecular flexibility index (Phi) is 8.73. The van der Waals surface area contributed by atoms with Gasteiger partial charge in [0.1, 0.15) is 11.6 Å². The molecule has 2 N–H and O–H groups in total. The number of nitrogens with zero attached hydrogens (tertiary/aromatic N) is 3. The van der Waals surface area contributed by atoms with Crippen LogP contribution >= 0.6 is 0 Å². The van der Waals surface area contributed by atoms with Gasteiger partial charge in [0.25, 0.3) is 11.8 Å². The van der Waals surface area contributed by atoms with Gasteiger partial charge in [0, 0.05) is 56.2 Å². The van der Waals surface area contributed by atoms with Crippen LogP contribution in [-0.2, 0) is 4.74 Å². The van der Waals surface area contributed by atoms with E-state index in [0.717, 1.165) is 6.07 Å². The first-order valence-corrected chi connectivity index (χ1v) is 13.5. The second kappa shape index (κ2) is 12.8. The molecule has 0 bridgehead atoms. The predicted molar refractivity (Wildman–Crippen MR) is 151 cm³/mol. The van der Waals surface area contributed by atoms with E-state index in [1.807, 2.05) is 4.90 Å². The van der Waals surface area contributed by atoms with Crippen molar-refractivity contribution in [3.8, 4) is 0 Å². The summed E-state index contributed by atoms with van der Waals surface area (Å²) in [6.07, 6.45) is 0.633. The van der Waals surface area contributed by atoms with E-state index in [9.17, 15) is 23.2 Å². The lowest BCUT2D eigenvalue weighted by atomic mass is 10.1. The van der Waals surface area contributed by atoms with Crippen molar-refractivity contribution in [2.75, 3.05) is 68.0 Å². The summed E-state index contributed by atoms with van der Waals surface area (Å²) in [6.45, 7) is 3.63. The molecule has 0 radical (unpaired) electrons. The van der Waals surface area contributed by atoms with Gasteiger partial charge in [-0.2, -0.15) is 0 Å². The first kappa shape index (κ1) is 28.0. The minimum Gasteiger partial charge on any atom is -0.378 e. The third kappa shape index (κ3) is 6.80. The quantitative estimate of drug-likeness (QED) is 0.479. The van der Waals surface area contributed by atoms with E-state index in [1.165, 1.54) is 30.3 Å². The Morgan fingerprint density at radius 3 is 2.34 bits per heavy atom. The van der Waals surface area contributed by atoms with E-state index in [2.05, 4.69) is 10.6 Å². The number of hydrogen-bond donors (Lipinski definition) is 2. The highest BCUT2D eigenvalue weighted by atomic mass is 19.1. The number of halogens is 2. The second-order valence-corrected chi connectivity index (χ2v) is 9.84. The predicted octanol–water partition coefficient (Wildman–Crippen LogP) is 4.43. The number of benzene rings is 3. The highest BCUT2D eigenvalue weighted by Gasteiger charge is 2.26. The van der Waals surface area contributed by atoms with Crippen molar-refractivity contribution in [2.45, 2.75) is 6.42 Å². The smallest absolute Gasteiger partial charge is 0.321 e. The van der Waals surface area contributed by atoms with Crippen LogP contribution in [0.15, 0.2) is 66.7 Å². The van der Waals surface area contributed by atoms with Crippen LogP contribution in [0.4, 0.5) is 30.6 Å². The van der Waals surface area contributed by atoms with Crippen LogP contribution < -0.4 is 15.5 Å². The first-order chi connectivity index (χ1) is 19.9. The number of anilines is 3. The van der Waals surface area contributed by atoms with Crippen molar-refractivity contribution in [3.05, 3.63) is 89.5 Å². The molecule has 0 spiro atoms. The Labute approximate surface area is 236 Å². The molecule has 3 aromatic carbocycles. The van der Waals surface area contributed by atoms with Crippen molar-refractivity contribution in [2.24, 2.45) is 0 Å². The molecule has 4 amide bonds. The van der Waals surface area contributed by atoms with E-state index in [4.69, 9.17) is 4.74 Å². The highest BCUT2D eigenvalue weighted by molar-refractivity contribution is 6.06. The number of morpholine rings is 1. The average Bonchev–Trinajstić information content (AvgIpc) is 3.25. The van der Waals surface area contributed by atoms with Gasteiger partial charge in [-0.15, -0.1) is 0 Å². The first-order valence-electron chi connectivity index (χ1n) is 13.5. The molecule has 0 saturated carbocycles. The van der Waals surface area contributed by atoms with Gasteiger partial charge in [-0.25, -0.2) is 13.6 Å². The van der Waals surface area contributed by atoms with Gasteiger partial charge in [-0.05, 0) is 55.0 Å². The van der Waals surface area contributed by atoms with E-state index >= 15 is 0 Å². The van der Waals surface area contributed by atoms with Crippen LogP contribution in [0.1, 0.15) is 27.1 Å². The maximum absolute atomic E-state index is 14.1. The van der Waals surface area contributed by atoms with Gasteiger partial charge in [0.15, 0.2) is 0 Å². The molecule has 2 aliphatic heterocycles. The van der Waals surface area contributed by atoms with Crippen molar-refractivity contribution >= 4 is 34.9 Å². The molecule has 2 saturated heterocycles. The lowest BCUT2D eigenvalue weighted by molar-refractivity contribution is 0.0303. The summed E-state index contributed by atoms with van der Waals surface area (Å²) in [4.78, 5) is 44.7. The molecule has 214 valence electrons. The van der Waals surface area contributed by atoms with Crippen molar-refractivity contribution in [1.82, 2.24) is 9.80 Å². The lowest BCUT2D eigenvalue weighted by Crippen LogP contribution is -2.42. The molecule has 11 heteroatoms. The minimum atomic E-state index is -0.519. The molecule has 3 aromatic rings. The maximum Gasteiger partial charge on any atom is 0.321 e. The fourth-order valence-corrected chi connectivity index (χ4v) is 4.95. The Hall–Kier alpha value is -4.51. The highest BCUT2D eigenvalue weighted by Crippen LogP contribution is 2.28. The van der Waals surface area contributed by atoms with Gasteiger partial charge in [0.05, 0.1) is 24.5 Å². The summed E-state index contributed by atoms with van der Waals surface area (Å²) in [6, 6.07) is 16.1. The van der Waals surface area contributed by atoms with Gasteiger partial charge in [-0.3, -0.25) is 9.59 Å². The average molecular weight is 564 g/mol. The number of amides is 4. The zero-order valence-electron chi connectivity index (χ0n) is 22.4. The number of rotatable bonds is 5. The molecule has 0 unspecified atom stereocenters. The zero-order valence-corrected chi connectivity index (χ0v) is 22.4. The number of carbonyl (C=O) groups excluding carboxylic acids is 3. The number of nitrogens with one attached hydrogen (secondary N) is 2. The topological polar surface area (TPSA) is 94.2 Å². The molecule has 0 aromatic heterocycles. The summed E-state index contributed by atoms with van der Waals surface area (Å²) in [5, 5.41) is 5.40. The molecule has 9 nitrogen and oxygen atoms in total. The molecule has 5 rings (SSSR count). The van der Waals surface area contributed by atoms with E-state index in [0.29, 0.717) is 75.8 Å². The molecule has 2 heterocycles. The second-order valence-electron chi connectivity index (χ2n) is 9.84. The molecule has 0 atom stereocenters. The van der Waals surface area contributed by atoms with Crippen molar-refractivity contribution in [1.29, 1.82) is 0 Å². The maximum atomic E-state index is 14.1. The van der Waals surface area contributed by atoms with Crippen LogP contribution in [0.5, 0.6) is 0 Å². The van der Waals surface area contributed by atoms with Crippen LogP contribution in [0.3, 0.4) is 0 Å². The Morgan fingerprint density at radius 1 is 0.756 bits per heavy atom. The number of para-hydroxylation sites is 1. The third-order valence-corrected chi connectivity index (χ3v) is 7.11. The fraction of sp³-hybridized carbons (Fsp3) is 0.300. The molecule has 41 heavy (non-hydrogen) atoms. The van der Waals surface area contributed by atoms with Crippen LogP contribution in [0.25, 0.3) is 0 Å². The van der Waals surface area contributed by atoms with Gasteiger partial charge < -0.3 is 30.1 Å². The van der Waals surface area contributed by atoms with E-state index in [1.54, 1.807) is 40.1 Å². The lowest BCUT2D eigenvalue weighted by Gasteiger charge is -2.30. The number of urea groups is 1. The van der Waals surface area contributed by atoms with Gasteiger partial charge >= 0.3 is 6.03 Å². The minimum absolute atomic E-state index is 0.118. The van der Waals surface area contributed by atoms with Crippen LogP contribution in [-0.4, -0.2) is 80.1 Å². The summed E-state index contributed by atoms with van der Waals surface area (Å²) >= 11 is 0. The normalized spacial score (nSPS) is 15.7. The SMILES string of the molecule is O=C(Nc1ccc(N2CCCN(C(=O)Nc3ccccc3F)CC2)c(C(=O)N2CCOCC2)c1)c1cccc(F)c1. The number of carbonyl (C=O) groups is 3.